The van der Waals surface area contributed by atoms with Crippen molar-refractivity contribution in [3.8, 4) is 0 Å². The molecule has 3 heterocycles. The van der Waals surface area contributed by atoms with Gasteiger partial charge in [-0.05, 0) is 6.42 Å². The van der Waals surface area contributed by atoms with E-state index < -0.39 is 5.60 Å². The van der Waals surface area contributed by atoms with Crippen LogP contribution in [0.2, 0.25) is 0 Å². The zero-order chi connectivity index (χ0) is 13.3. The number of aromatic nitrogens is 2. The lowest BCUT2D eigenvalue weighted by molar-refractivity contribution is -0.101. The first-order valence-corrected chi connectivity index (χ1v) is 6.62. The monoisotopic (exact) mass is 269 g/mol. The third-order valence-corrected chi connectivity index (χ3v) is 3.95. The lowest BCUT2D eigenvalue weighted by atomic mass is 9.93. The Morgan fingerprint density at radius 3 is 2.84 bits per heavy atom. The van der Waals surface area contributed by atoms with Gasteiger partial charge < -0.3 is 24.4 Å². The molecular weight excluding hydrogens is 250 g/mol. The number of ether oxygens (including phenoxy) is 2. The van der Waals surface area contributed by atoms with E-state index in [0.717, 1.165) is 12.8 Å². The number of aliphatic hydroxyl groups is 1. The van der Waals surface area contributed by atoms with E-state index in [1.165, 1.54) is 0 Å². The molecule has 1 aromatic rings. The van der Waals surface area contributed by atoms with Gasteiger partial charge in [0.2, 0.25) is 11.7 Å². The van der Waals surface area contributed by atoms with E-state index in [-0.39, 0.29) is 12.1 Å². The van der Waals surface area contributed by atoms with Crippen LogP contribution in [-0.2, 0) is 15.1 Å². The third kappa shape index (κ3) is 2.38. The summed E-state index contributed by atoms with van der Waals surface area (Å²) in [5, 5.41) is 16.7. The molecule has 0 aliphatic carbocycles. The van der Waals surface area contributed by atoms with Gasteiger partial charge in [-0.25, -0.2) is 0 Å². The molecule has 2 saturated heterocycles. The van der Waals surface area contributed by atoms with Crippen molar-refractivity contribution in [1.82, 2.24) is 15.5 Å². The highest BCUT2D eigenvalue weighted by molar-refractivity contribution is 5.06. The zero-order valence-electron chi connectivity index (χ0n) is 11.0. The maximum Gasteiger partial charge on any atom is 0.243 e. The average Bonchev–Trinajstić information content (AvgIpc) is 3.08. The Morgan fingerprint density at radius 1 is 1.42 bits per heavy atom. The van der Waals surface area contributed by atoms with E-state index in [9.17, 15) is 5.11 Å². The summed E-state index contributed by atoms with van der Waals surface area (Å²) in [6.07, 6.45) is 1.71. The SMILES string of the molecule is COC1(c2noc([C@H]3C[C@@H](O)CN3)n2)CCOCC1. The van der Waals surface area contributed by atoms with Crippen molar-refractivity contribution in [3.63, 3.8) is 0 Å². The summed E-state index contributed by atoms with van der Waals surface area (Å²) in [6.45, 7) is 1.84. The second kappa shape index (κ2) is 5.16. The van der Waals surface area contributed by atoms with Crippen LogP contribution < -0.4 is 5.32 Å². The molecule has 2 aliphatic heterocycles. The van der Waals surface area contributed by atoms with E-state index in [4.69, 9.17) is 14.0 Å². The third-order valence-electron chi connectivity index (χ3n) is 3.95. The maximum absolute atomic E-state index is 9.52. The van der Waals surface area contributed by atoms with E-state index in [0.29, 0.717) is 37.9 Å². The van der Waals surface area contributed by atoms with Gasteiger partial charge in [-0.1, -0.05) is 5.16 Å². The van der Waals surface area contributed by atoms with Crippen LogP contribution >= 0.6 is 0 Å². The molecule has 2 aliphatic rings. The fourth-order valence-corrected chi connectivity index (χ4v) is 2.69. The molecule has 0 radical (unpaired) electrons. The molecule has 0 saturated carbocycles. The van der Waals surface area contributed by atoms with Gasteiger partial charge >= 0.3 is 0 Å². The maximum atomic E-state index is 9.52. The van der Waals surface area contributed by atoms with Crippen LogP contribution in [0.5, 0.6) is 0 Å². The molecule has 0 aromatic carbocycles. The summed E-state index contributed by atoms with van der Waals surface area (Å²) >= 11 is 0. The summed E-state index contributed by atoms with van der Waals surface area (Å²) in [5.74, 6) is 1.10. The first kappa shape index (κ1) is 13.0. The van der Waals surface area contributed by atoms with Crippen LogP contribution in [0.1, 0.15) is 37.0 Å². The summed E-state index contributed by atoms with van der Waals surface area (Å²) in [7, 11) is 1.67. The highest BCUT2D eigenvalue weighted by atomic mass is 16.5. The molecule has 0 spiro atoms. The molecule has 2 fully saturated rings. The van der Waals surface area contributed by atoms with Crippen molar-refractivity contribution in [2.45, 2.75) is 37.0 Å². The van der Waals surface area contributed by atoms with E-state index in [1.807, 2.05) is 0 Å². The molecule has 0 bridgehead atoms. The molecule has 7 nitrogen and oxygen atoms in total. The molecule has 1 aromatic heterocycles. The molecule has 3 rings (SSSR count). The highest BCUT2D eigenvalue weighted by Crippen LogP contribution is 2.34. The van der Waals surface area contributed by atoms with Crippen LogP contribution in [0.15, 0.2) is 4.52 Å². The number of nitrogens with one attached hydrogen (secondary N) is 1. The van der Waals surface area contributed by atoms with Gasteiger partial charge in [0, 0.05) is 39.7 Å². The lowest BCUT2D eigenvalue weighted by Crippen LogP contribution is -2.36. The van der Waals surface area contributed by atoms with Gasteiger partial charge in [-0.2, -0.15) is 4.98 Å². The minimum absolute atomic E-state index is 0.0648. The van der Waals surface area contributed by atoms with E-state index >= 15 is 0 Å². The predicted molar refractivity (Wildman–Crippen MR) is 64.4 cm³/mol. The Bertz CT molecular complexity index is 430. The number of rotatable bonds is 3. The smallest absolute Gasteiger partial charge is 0.243 e. The average molecular weight is 269 g/mol. The van der Waals surface area contributed by atoms with Crippen molar-refractivity contribution in [2.75, 3.05) is 26.9 Å². The van der Waals surface area contributed by atoms with Crippen LogP contribution in [0.4, 0.5) is 0 Å². The van der Waals surface area contributed by atoms with Crippen molar-refractivity contribution in [1.29, 1.82) is 0 Å². The van der Waals surface area contributed by atoms with Crippen LogP contribution in [0.3, 0.4) is 0 Å². The molecule has 2 atom stereocenters. The Hall–Kier alpha value is -1.02. The highest BCUT2D eigenvalue weighted by Gasteiger charge is 2.40. The first-order valence-electron chi connectivity index (χ1n) is 6.62. The van der Waals surface area contributed by atoms with Crippen LogP contribution in [0, 0.1) is 0 Å². The van der Waals surface area contributed by atoms with E-state index in [1.54, 1.807) is 7.11 Å². The predicted octanol–water partition coefficient (Wildman–Crippen LogP) is 0.117. The van der Waals surface area contributed by atoms with Crippen molar-refractivity contribution in [3.05, 3.63) is 11.7 Å². The Balaban J connectivity index is 1.79. The Labute approximate surface area is 111 Å². The molecule has 0 amide bonds. The quantitative estimate of drug-likeness (QED) is 0.805. The normalized spacial score (nSPS) is 30.6. The summed E-state index contributed by atoms with van der Waals surface area (Å²) in [4.78, 5) is 4.46. The van der Waals surface area contributed by atoms with Crippen LogP contribution in [-0.4, -0.2) is 48.2 Å². The molecule has 0 unspecified atom stereocenters. The minimum atomic E-state index is -0.503. The van der Waals surface area contributed by atoms with Crippen molar-refractivity contribution < 1.29 is 19.1 Å². The van der Waals surface area contributed by atoms with Crippen LogP contribution in [0.25, 0.3) is 0 Å². The van der Waals surface area contributed by atoms with Gasteiger partial charge in [0.05, 0.1) is 12.1 Å². The van der Waals surface area contributed by atoms with Gasteiger partial charge in [0.1, 0.15) is 5.60 Å². The summed E-state index contributed by atoms with van der Waals surface area (Å²) < 4.78 is 16.3. The number of β-amino-alcohol motifs (C(OH)–C–C–N with tert-alkyl or cyclic N) is 1. The van der Waals surface area contributed by atoms with E-state index in [2.05, 4.69) is 15.5 Å². The van der Waals surface area contributed by atoms with Gasteiger partial charge in [-0.15, -0.1) is 0 Å². The minimum Gasteiger partial charge on any atom is -0.392 e. The largest absolute Gasteiger partial charge is 0.392 e. The van der Waals surface area contributed by atoms with Crippen molar-refractivity contribution >= 4 is 0 Å². The standard InChI is InChI=1S/C12H19N3O4/c1-17-12(2-4-18-5-3-12)11-14-10(19-15-11)9-6-8(16)7-13-9/h8-9,13,16H,2-7H2,1H3/t8-,9-/m1/s1. The number of hydrogen-bond acceptors (Lipinski definition) is 7. The molecule has 2 N–H and O–H groups in total. The van der Waals surface area contributed by atoms with Gasteiger partial charge in [0.25, 0.3) is 0 Å². The molecule has 19 heavy (non-hydrogen) atoms. The van der Waals surface area contributed by atoms with Gasteiger partial charge in [0.15, 0.2) is 0 Å². The molecule has 106 valence electrons. The molecular formula is C12H19N3O4. The molecule has 7 heteroatoms. The second-order valence-corrected chi connectivity index (χ2v) is 5.12. The number of aliphatic hydroxyl groups excluding tert-OH is 1. The fourth-order valence-electron chi connectivity index (χ4n) is 2.69. The summed E-state index contributed by atoms with van der Waals surface area (Å²) in [6, 6.07) is -0.0648. The lowest BCUT2D eigenvalue weighted by Gasteiger charge is -2.32. The number of methoxy groups -OCH3 is 1. The fraction of sp³-hybridized carbons (Fsp3) is 0.833. The Kier molecular flexibility index (Phi) is 3.53. The number of hydrogen-bond donors (Lipinski definition) is 2. The second-order valence-electron chi connectivity index (χ2n) is 5.12. The number of nitrogens with zero attached hydrogens (tertiary/aromatic N) is 2. The van der Waals surface area contributed by atoms with Crippen molar-refractivity contribution in [2.24, 2.45) is 0 Å². The summed E-state index contributed by atoms with van der Waals surface area (Å²) in [5.41, 5.74) is -0.503. The van der Waals surface area contributed by atoms with Gasteiger partial charge in [-0.3, -0.25) is 0 Å². The Morgan fingerprint density at radius 2 is 2.21 bits per heavy atom. The zero-order valence-corrected chi connectivity index (χ0v) is 11.0. The first-order chi connectivity index (χ1) is 9.23. The topological polar surface area (TPSA) is 89.6 Å².